The first-order valence-electron chi connectivity index (χ1n) is 8.99. The van der Waals surface area contributed by atoms with Crippen LogP contribution in [-0.2, 0) is 4.74 Å². The lowest BCUT2D eigenvalue weighted by molar-refractivity contribution is 0.0903. The zero-order valence-corrected chi connectivity index (χ0v) is 14.9. The molecule has 0 amide bonds. The van der Waals surface area contributed by atoms with Gasteiger partial charge in [-0.05, 0) is 38.0 Å². The molecule has 4 N–H and O–H groups in total. The molecule has 0 spiro atoms. The van der Waals surface area contributed by atoms with Crippen LogP contribution < -0.4 is 11.1 Å². The molecular weight excluding hydrogens is 344 g/mol. The van der Waals surface area contributed by atoms with E-state index in [4.69, 9.17) is 10.5 Å². The summed E-state index contributed by atoms with van der Waals surface area (Å²) in [5.41, 5.74) is 10.2. The predicted octanol–water partition coefficient (Wildman–Crippen LogP) is 2.15. The van der Waals surface area contributed by atoms with Gasteiger partial charge in [0.1, 0.15) is 5.82 Å². The van der Waals surface area contributed by atoms with Gasteiger partial charge in [-0.15, -0.1) is 5.10 Å². The molecule has 5 heterocycles. The molecule has 0 atom stereocenters. The number of rotatable bonds is 3. The van der Waals surface area contributed by atoms with Gasteiger partial charge in [0.25, 0.3) is 0 Å². The summed E-state index contributed by atoms with van der Waals surface area (Å²) in [4.78, 5) is 8.78. The maximum Gasteiger partial charge on any atom is 0.240 e. The number of aryl methyl sites for hydroxylation is 1. The first-order valence-corrected chi connectivity index (χ1v) is 8.99. The van der Waals surface area contributed by atoms with E-state index in [1.165, 1.54) is 0 Å². The van der Waals surface area contributed by atoms with Crippen molar-refractivity contribution < 1.29 is 4.74 Å². The summed E-state index contributed by atoms with van der Waals surface area (Å²) >= 11 is 0. The van der Waals surface area contributed by atoms with Crippen molar-refractivity contribution in [3.63, 3.8) is 0 Å². The van der Waals surface area contributed by atoms with E-state index in [0.29, 0.717) is 17.3 Å². The van der Waals surface area contributed by atoms with Crippen LogP contribution in [0.1, 0.15) is 18.5 Å². The molecule has 4 aromatic heterocycles. The first kappa shape index (κ1) is 16.0. The Bertz CT molecular complexity index is 1130. The average Bonchev–Trinajstić information content (AvgIpc) is 3.25. The number of hydrogen-bond donors (Lipinski definition) is 3. The van der Waals surface area contributed by atoms with Gasteiger partial charge in [-0.1, -0.05) is 0 Å². The molecule has 9 heteroatoms. The van der Waals surface area contributed by atoms with E-state index in [9.17, 15) is 0 Å². The van der Waals surface area contributed by atoms with Crippen LogP contribution in [0.15, 0.2) is 24.4 Å². The second-order valence-corrected chi connectivity index (χ2v) is 6.81. The van der Waals surface area contributed by atoms with Crippen LogP contribution in [0.5, 0.6) is 0 Å². The van der Waals surface area contributed by atoms with Gasteiger partial charge in [-0.3, -0.25) is 5.10 Å². The summed E-state index contributed by atoms with van der Waals surface area (Å²) in [6.45, 7) is 3.50. The van der Waals surface area contributed by atoms with E-state index in [1.807, 2.05) is 25.3 Å². The van der Waals surface area contributed by atoms with E-state index >= 15 is 0 Å². The predicted molar refractivity (Wildman–Crippen MR) is 102 cm³/mol. The quantitative estimate of drug-likeness (QED) is 0.509. The Balaban J connectivity index is 1.67. The van der Waals surface area contributed by atoms with Crippen molar-refractivity contribution in [3.8, 4) is 11.1 Å². The smallest absolute Gasteiger partial charge is 0.240 e. The molecule has 9 nitrogen and oxygen atoms in total. The van der Waals surface area contributed by atoms with Crippen molar-refractivity contribution in [2.75, 3.05) is 24.3 Å². The maximum atomic E-state index is 5.85. The molecule has 5 rings (SSSR count). The first-order chi connectivity index (χ1) is 13.2. The average molecular weight is 364 g/mol. The highest BCUT2D eigenvalue weighted by molar-refractivity contribution is 5.86. The maximum absolute atomic E-state index is 5.85. The molecule has 0 aliphatic carbocycles. The second-order valence-electron chi connectivity index (χ2n) is 6.81. The number of aromatic amines is 1. The minimum atomic E-state index is 0.251. The molecule has 1 aliphatic rings. The lowest BCUT2D eigenvalue weighted by Crippen LogP contribution is -2.29. The number of hydrogen-bond acceptors (Lipinski definition) is 7. The zero-order valence-electron chi connectivity index (χ0n) is 14.9. The normalized spacial score (nSPS) is 15.6. The Hall–Kier alpha value is -3.20. The van der Waals surface area contributed by atoms with Gasteiger partial charge in [-0.2, -0.15) is 14.6 Å². The van der Waals surface area contributed by atoms with Crippen LogP contribution in [-0.4, -0.2) is 49.0 Å². The summed E-state index contributed by atoms with van der Waals surface area (Å²) in [6.07, 6.45) is 3.72. The largest absolute Gasteiger partial charge is 0.381 e. The lowest BCUT2D eigenvalue weighted by Gasteiger charge is -2.25. The van der Waals surface area contributed by atoms with Gasteiger partial charge >= 0.3 is 0 Å². The molecule has 1 fully saturated rings. The fraction of sp³-hybridized carbons (Fsp3) is 0.333. The number of anilines is 2. The number of fused-ring (bicyclic) bond motifs is 2. The van der Waals surface area contributed by atoms with Crippen LogP contribution in [0.2, 0.25) is 0 Å². The molecule has 1 aliphatic heterocycles. The topological polar surface area (TPSA) is 119 Å². The fourth-order valence-electron chi connectivity index (χ4n) is 3.54. The summed E-state index contributed by atoms with van der Waals surface area (Å²) in [7, 11) is 0. The number of nitrogens with zero attached hydrogens (tertiary/aromatic N) is 5. The van der Waals surface area contributed by atoms with E-state index in [0.717, 1.165) is 54.1 Å². The van der Waals surface area contributed by atoms with Crippen LogP contribution >= 0.6 is 0 Å². The standard InChI is InChI=1S/C18H20N8O/c1-10-14-8-11(9-20-16(14)24-23-10)13-2-3-15-22-18(19)25-26(15)17(13)21-12-4-6-27-7-5-12/h2-3,8-9,12,21H,4-7H2,1H3,(H2,19,25)(H,20,23,24). The molecule has 0 unspecified atom stereocenters. The lowest BCUT2D eigenvalue weighted by atomic mass is 10.0. The Labute approximate surface area is 155 Å². The summed E-state index contributed by atoms with van der Waals surface area (Å²) < 4.78 is 7.25. The Morgan fingerprint density at radius 3 is 3.00 bits per heavy atom. The minimum absolute atomic E-state index is 0.251. The highest BCUT2D eigenvalue weighted by atomic mass is 16.5. The number of pyridine rings is 2. The number of ether oxygens (including phenoxy) is 1. The van der Waals surface area contributed by atoms with Gasteiger partial charge < -0.3 is 15.8 Å². The number of nitrogens with two attached hydrogens (primary N) is 1. The van der Waals surface area contributed by atoms with Gasteiger partial charge in [0.05, 0.1) is 0 Å². The van der Waals surface area contributed by atoms with E-state index < -0.39 is 0 Å². The van der Waals surface area contributed by atoms with Crippen molar-refractivity contribution in [2.24, 2.45) is 0 Å². The molecule has 27 heavy (non-hydrogen) atoms. The van der Waals surface area contributed by atoms with Crippen molar-refractivity contribution in [2.45, 2.75) is 25.8 Å². The molecule has 0 aromatic carbocycles. The Morgan fingerprint density at radius 1 is 1.30 bits per heavy atom. The SMILES string of the molecule is Cc1[nH]nc2ncc(-c3ccc4nc(N)nn4c3NC3CCOCC3)cc12. The van der Waals surface area contributed by atoms with E-state index in [1.54, 1.807) is 4.52 Å². The van der Waals surface area contributed by atoms with Crippen molar-refractivity contribution in [1.29, 1.82) is 0 Å². The summed E-state index contributed by atoms with van der Waals surface area (Å²) in [6, 6.07) is 6.35. The number of aromatic nitrogens is 6. The highest BCUT2D eigenvalue weighted by Crippen LogP contribution is 2.32. The fourth-order valence-corrected chi connectivity index (χ4v) is 3.54. The van der Waals surface area contributed by atoms with E-state index in [-0.39, 0.29) is 5.95 Å². The summed E-state index contributed by atoms with van der Waals surface area (Å²) in [5, 5.41) is 16.2. The van der Waals surface area contributed by atoms with Gasteiger partial charge in [-0.25, -0.2) is 4.98 Å². The third-order valence-corrected chi connectivity index (χ3v) is 4.99. The van der Waals surface area contributed by atoms with Gasteiger partial charge in [0.2, 0.25) is 5.95 Å². The van der Waals surface area contributed by atoms with Crippen molar-refractivity contribution >= 4 is 28.4 Å². The second kappa shape index (κ2) is 6.20. The molecule has 0 radical (unpaired) electrons. The Morgan fingerprint density at radius 2 is 2.15 bits per heavy atom. The third kappa shape index (κ3) is 2.76. The van der Waals surface area contributed by atoms with Gasteiger partial charge in [0.15, 0.2) is 11.3 Å². The Kier molecular flexibility index (Phi) is 3.68. The van der Waals surface area contributed by atoms with Gasteiger partial charge in [0, 0.05) is 47.7 Å². The molecule has 138 valence electrons. The van der Waals surface area contributed by atoms with Crippen LogP contribution in [0.4, 0.5) is 11.8 Å². The van der Waals surface area contributed by atoms with Crippen LogP contribution in [0.3, 0.4) is 0 Å². The zero-order chi connectivity index (χ0) is 18.4. The molecule has 4 aromatic rings. The van der Waals surface area contributed by atoms with E-state index in [2.05, 4.69) is 36.6 Å². The molecular formula is C18H20N8O. The highest BCUT2D eigenvalue weighted by Gasteiger charge is 2.19. The third-order valence-electron chi connectivity index (χ3n) is 4.99. The molecule has 0 saturated carbocycles. The molecule has 0 bridgehead atoms. The van der Waals surface area contributed by atoms with Crippen molar-refractivity contribution in [1.82, 2.24) is 29.8 Å². The molecule has 1 saturated heterocycles. The van der Waals surface area contributed by atoms with Crippen LogP contribution in [0, 0.1) is 6.92 Å². The minimum Gasteiger partial charge on any atom is -0.381 e. The van der Waals surface area contributed by atoms with Crippen molar-refractivity contribution in [3.05, 3.63) is 30.1 Å². The monoisotopic (exact) mass is 364 g/mol. The number of nitrogens with one attached hydrogen (secondary N) is 2. The number of nitrogen functional groups attached to an aromatic ring is 1. The number of H-pyrrole nitrogens is 1. The van der Waals surface area contributed by atoms with Crippen LogP contribution in [0.25, 0.3) is 27.8 Å². The summed E-state index contributed by atoms with van der Waals surface area (Å²) in [5.74, 6) is 1.12.